The van der Waals surface area contributed by atoms with Crippen LogP contribution in [0.25, 0.3) is 0 Å². The van der Waals surface area contributed by atoms with E-state index in [0.717, 1.165) is 18.2 Å². The van der Waals surface area contributed by atoms with Crippen molar-refractivity contribution >= 4 is 5.97 Å². The van der Waals surface area contributed by atoms with Crippen molar-refractivity contribution in [1.82, 2.24) is 0 Å². The Bertz CT molecular complexity index is 876. The number of alkyl halides is 7. The van der Waals surface area contributed by atoms with E-state index in [1.54, 1.807) is 6.92 Å². The van der Waals surface area contributed by atoms with E-state index in [0.29, 0.717) is 24.3 Å². The van der Waals surface area contributed by atoms with Crippen molar-refractivity contribution in [2.24, 2.45) is 0 Å². The Kier molecular flexibility index (Phi) is 6.10. The second kappa shape index (κ2) is 7.88. The molecule has 0 saturated carbocycles. The number of hydrogen-bond donors (Lipinski definition) is 0. The third kappa shape index (κ3) is 4.43. The summed E-state index contributed by atoms with van der Waals surface area (Å²) in [6.45, 7) is 1.60. The molecule has 0 saturated heterocycles. The van der Waals surface area contributed by atoms with Crippen LogP contribution in [0.3, 0.4) is 0 Å². The van der Waals surface area contributed by atoms with Crippen LogP contribution in [0.4, 0.5) is 35.1 Å². The molecular weight excluding hydrogens is 416 g/mol. The Hall–Kier alpha value is -2.85. The van der Waals surface area contributed by atoms with Gasteiger partial charge in [-0.3, -0.25) is 0 Å². The van der Waals surface area contributed by atoms with Crippen LogP contribution in [-0.4, -0.2) is 24.7 Å². The zero-order valence-electron chi connectivity index (χ0n) is 14.5. The van der Waals surface area contributed by atoms with Crippen molar-refractivity contribution < 1.29 is 49.4 Å². The lowest BCUT2D eigenvalue weighted by atomic mass is 10.0. The van der Waals surface area contributed by atoms with Crippen LogP contribution in [0.1, 0.15) is 22.8 Å². The van der Waals surface area contributed by atoms with E-state index in [-0.39, 0.29) is 17.9 Å². The van der Waals surface area contributed by atoms with Crippen molar-refractivity contribution in [2.75, 3.05) is 6.61 Å². The molecule has 29 heavy (non-hydrogen) atoms. The van der Waals surface area contributed by atoms with Crippen LogP contribution in [0.15, 0.2) is 42.5 Å². The molecule has 11 heteroatoms. The first-order chi connectivity index (χ1) is 13.3. The predicted octanol–water partition coefficient (Wildman–Crippen LogP) is 6.08. The Morgan fingerprint density at radius 3 is 2.00 bits per heavy atom. The van der Waals surface area contributed by atoms with Gasteiger partial charge >= 0.3 is 24.0 Å². The summed E-state index contributed by atoms with van der Waals surface area (Å²) in [4.78, 5) is 11.5. The summed E-state index contributed by atoms with van der Waals surface area (Å²) in [5.41, 5.74) is -1.73. The number of ether oxygens (including phenoxy) is 2. The lowest BCUT2D eigenvalue weighted by molar-refractivity contribution is -0.359. The molecule has 3 nitrogen and oxygen atoms in total. The molecule has 0 aliphatic carbocycles. The highest BCUT2D eigenvalue weighted by molar-refractivity contribution is 5.89. The predicted molar refractivity (Wildman–Crippen MR) is 83.8 cm³/mol. The molecule has 2 rings (SSSR count). The number of esters is 1. The first-order valence-corrected chi connectivity index (χ1v) is 7.88. The zero-order valence-corrected chi connectivity index (χ0v) is 14.5. The molecule has 2 aromatic carbocycles. The number of halogens is 8. The number of carbonyl (C=O) groups is 1. The van der Waals surface area contributed by atoms with Gasteiger partial charge in [0.25, 0.3) is 0 Å². The molecule has 0 radical (unpaired) electrons. The molecule has 0 aliphatic heterocycles. The molecule has 0 bridgehead atoms. The van der Waals surface area contributed by atoms with Gasteiger partial charge in [-0.1, -0.05) is 0 Å². The summed E-state index contributed by atoms with van der Waals surface area (Å²) in [6.07, 6.45) is -6.46. The number of carbonyl (C=O) groups excluding carboxylic acids is 1. The van der Waals surface area contributed by atoms with Gasteiger partial charge in [0.1, 0.15) is 5.75 Å². The molecule has 0 aliphatic rings. The SMILES string of the molecule is CCOC(=O)c1ccc(Oc2ccc(C(F)(F)C(F)(F)C(F)(F)F)cc2)c(F)c1. The molecule has 0 aromatic heterocycles. The standard InChI is InChI=1S/C18H12F8O3/c1-2-28-15(27)10-3-8-14(13(19)9-10)29-12-6-4-11(5-7-12)16(20,21)17(22,23)18(24,25)26/h3-9H,2H2,1H3. The fraction of sp³-hybridized carbons (Fsp3) is 0.278. The summed E-state index contributed by atoms with van der Waals surface area (Å²) < 4.78 is 114. The van der Waals surface area contributed by atoms with Gasteiger partial charge < -0.3 is 9.47 Å². The molecule has 0 heterocycles. The maximum atomic E-state index is 14.0. The van der Waals surface area contributed by atoms with Gasteiger partial charge in [-0.2, -0.15) is 30.7 Å². The number of benzene rings is 2. The van der Waals surface area contributed by atoms with Crippen LogP contribution in [0, 0.1) is 5.82 Å². The highest BCUT2D eigenvalue weighted by Crippen LogP contribution is 2.51. The quantitative estimate of drug-likeness (QED) is 0.413. The average Bonchev–Trinajstić information content (AvgIpc) is 2.63. The zero-order chi connectivity index (χ0) is 22.0. The average molecular weight is 428 g/mol. The summed E-state index contributed by atoms with van der Waals surface area (Å²) in [5.74, 6) is -14.4. The lowest BCUT2D eigenvalue weighted by Crippen LogP contribution is -2.49. The topological polar surface area (TPSA) is 35.5 Å². The number of rotatable bonds is 6. The minimum atomic E-state index is -6.46. The Balaban J connectivity index is 2.22. The number of hydrogen-bond acceptors (Lipinski definition) is 3. The minimum absolute atomic E-state index is 0.0586. The summed E-state index contributed by atoms with van der Waals surface area (Å²) in [6, 6.07) is 4.94. The van der Waals surface area contributed by atoms with Gasteiger partial charge in [0.15, 0.2) is 11.6 Å². The Morgan fingerprint density at radius 1 is 0.931 bits per heavy atom. The smallest absolute Gasteiger partial charge is 0.460 e. The van der Waals surface area contributed by atoms with Gasteiger partial charge in [0.2, 0.25) is 0 Å². The van der Waals surface area contributed by atoms with Crippen molar-refractivity contribution in [3.63, 3.8) is 0 Å². The molecule has 0 N–H and O–H groups in total. The third-order valence-electron chi connectivity index (χ3n) is 3.64. The van der Waals surface area contributed by atoms with Crippen molar-refractivity contribution in [3.8, 4) is 11.5 Å². The van der Waals surface area contributed by atoms with E-state index >= 15 is 0 Å². The van der Waals surface area contributed by atoms with Gasteiger partial charge in [-0.15, -0.1) is 0 Å². The van der Waals surface area contributed by atoms with Gasteiger partial charge in [-0.25, -0.2) is 9.18 Å². The minimum Gasteiger partial charge on any atom is -0.462 e. The molecule has 0 atom stereocenters. The summed E-state index contributed by atoms with van der Waals surface area (Å²) in [7, 11) is 0. The van der Waals surface area contributed by atoms with Gasteiger partial charge in [0.05, 0.1) is 12.2 Å². The summed E-state index contributed by atoms with van der Waals surface area (Å²) >= 11 is 0. The normalized spacial score (nSPS) is 12.6. The van der Waals surface area contributed by atoms with E-state index < -0.39 is 41.1 Å². The fourth-order valence-electron chi connectivity index (χ4n) is 2.14. The van der Waals surface area contributed by atoms with Crippen LogP contribution in [-0.2, 0) is 10.7 Å². The first-order valence-electron chi connectivity index (χ1n) is 7.88. The highest BCUT2D eigenvalue weighted by atomic mass is 19.4. The van der Waals surface area contributed by atoms with Gasteiger partial charge in [-0.05, 0) is 49.4 Å². The van der Waals surface area contributed by atoms with E-state index in [2.05, 4.69) is 4.74 Å². The van der Waals surface area contributed by atoms with Crippen LogP contribution < -0.4 is 4.74 Å². The molecule has 0 unspecified atom stereocenters. The van der Waals surface area contributed by atoms with Crippen molar-refractivity contribution in [3.05, 3.63) is 59.4 Å². The molecule has 0 spiro atoms. The maximum absolute atomic E-state index is 14.0. The molecule has 158 valence electrons. The maximum Gasteiger partial charge on any atom is 0.460 e. The largest absolute Gasteiger partial charge is 0.462 e. The van der Waals surface area contributed by atoms with Crippen molar-refractivity contribution in [2.45, 2.75) is 24.9 Å². The molecule has 0 fully saturated rings. The first kappa shape index (κ1) is 22.4. The molecule has 0 amide bonds. The fourth-order valence-corrected chi connectivity index (χ4v) is 2.14. The van der Waals surface area contributed by atoms with E-state index in [1.165, 1.54) is 0 Å². The third-order valence-corrected chi connectivity index (χ3v) is 3.64. The lowest BCUT2D eigenvalue weighted by Gasteiger charge is -2.28. The van der Waals surface area contributed by atoms with E-state index in [9.17, 15) is 39.9 Å². The summed E-state index contributed by atoms with van der Waals surface area (Å²) in [5, 5.41) is 0. The van der Waals surface area contributed by atoms with Crippen molar-refractivity contribution in [1.29, 1.82) is 0 Å². The van der Waals surface area contributed by atoms with Crippen LogP contribution in [0.2, 0.25) is 0 Å². The van der Waals surface area contributed by atoms with Crippen LogP contribution >= 0.6 is 0 Å². The second-order valence-electron chi connectivity index (χ2n) is 5.64. The van der Waals surface area contributed by atoms with E-state index in [4.69, 9.17) is 4.74 Å². The Morgan fingerprint density at radius 2 is 1.52 bits per heavy atom. The van der Waals surface area contributed by atoms with Gasteiger partial charge in [0, 0.05) is 5.56 Å². The monoisotopic (exact) mass is 428 g/mol. The molecule has 2 aromatic rings. The van der Waals surface area contributed by atoms with Crippen LogP contribution in [0.5, 0.6) is 11.5 Å². The highest BCUT2D eigenvalue weighted by Gasteiger charge is 2.73. The second-order valence-corrected chi connectivity index (χ2v) is 5.64. The molecular formula is C18H12F8O3. The van der Waals surface area contributed by atoms with E-state index in [1.807, 2.05) is 0 Å². The Labute approximate surface area is 158 Å².